The molecule has 0 aromatic rings. The molecule has 0 amide bonds. The van der Waals surface area contributed by atoms with Crippen LogP contribution in [0, 0.1) is 33.8 Å². The number of rotatable bonds is 6. The van der Waals surface area contributed by atoms with Crippen LogP contribution in [0.5, 0.6) is 0 Å². The minimum absolute atomic E-state index is 0. The van der Waals surface area contributed by atoms with Crippen molar-refractivity contribution in [1.29, 1.82) is 0 Å². The maximum Gasteiger partial charge on any atom is -0.147 e. The van der Waals surface area contributed by atoms with Crippen molar-refractivity contribution in [2.45, 2.75) is 6.60 Å². The standard InChI is InChI=1S/3C3H5.ClH.Th/c3*1-3-2;;/h3*3H,1-2H2;1H;. The van der Waals surface area contributed by atoms with E-state index in [1.165, 1.54) is 6.60 Å². The largest absolute Gasteiger partial charge is 0.147 e. The van der Waals surface area contributed by atoms with Crippen molar-refractivity contribution in [3.8, 4) is 0 Å². The quantitative estimate of drug-likeness (QED) is 0.604. The van der Waals surface area contributed by atoms with E-state index in [1.54, 1.807) is 0 Å². The molecule has 0 radical (unpaired) electrons. The Kier molecular flexibility index (Phi) is 14.1. The van der Waals surface area contributed by atoms with E-state index in [4.69, 9.17) is 0 Å². The Labute approximate surface area is 89.7 Å². The maximum absolute atomic E-state index is 3.75. The molecule has 0 atom stereocenters. The zero-order valence-electron chi connectivity index (χ0n) is 6.88. The zero-order chi connectivity index (χ0) is 7.82. The Hall–Kier alpha value is 0.835. The van der Waals surface area contributed by atoms with Crippen LogP contribution < -0.4 is 0 Å². The van der Waals surface area contributed by atoms with Gasteiger partial charge in [-0.15, -0.1) is 12.4 Å². The molecular weight excluding hydrogens is 376 g/mol. The van der Waals surface area contributed by atoms with E-state index in [9.17, 15) is 0 Å². The van der Waals surface area contributed by atoms with Gasteiger partial charge in [0, 0.05) is 0 Å². The molecule has 63 valence electrons. The van der Waals surface area contributed by atoms with Crippen molar-refractivity contribution in [3.63, 3.8) is 0 Å². The Morgan fingerprint density at radius 3 is 1.27 bits per heavy atom. The number of hydrogen-bond acceptors (Lipinski definition) is 0. The fraction of sp³-hybridized carbons (Fsp3) is 0.333. The minimum Gasteiger partial charge on any atom is -0.147 e. The molecule has 0 aromatic heterocycles. The van der Waals surface area contributed by atoms with Crippen molar-refractivity contribution in [2.24, 2.45) is 0 Å². The van der Waals surface area contributed by atoms with E-state index >= 15 is 0 Å². The third kappa shape index (κ3) is 8.74. The first kappa shape index (κ1) is 14.4. The van der Waals surface area contributed by atoms with E-state index in [-0.39, 0.29) is 12.4 Å². The molecule has 0 heterocycles. The van der Waals surface area contributed by atoms with Gasteiger partial charge in [-0.1, -0.05) is 0 Å². The Morgan fingerprint density at radius 1 is 0.818 bits per heavy atom. The van der Waals surface area contributed by atoms with Gasteiger partial charge in [0.25, 0.3) is 0 Å². The molecule has 0 aliphatic rings. The van der Waals surface area contributed by atoms with Gasteiger partial charge in [0.05, 0.1) is 0 Å². The normalized spacial score (nSPS) is 7.64. The van der Waals surface area contributed by atoms with Crippen LogP contribution in [-0.4, -0.2) is 0 Å². The van der Waals surface area contributed by atoms with Gasteiger partial charge < -0.3 is 0 Å². The van der Waals surface area contributed by atoms with Gasteiger partial charge >= 0.3 is 78.4 Å². The van der Waals surface area contributed by atoms with Crippen LogP contribution in [0.4, 0.5) is 0 Å². The van der Waals surface area contributed by atoms with Crippen molar-refractivity contribution < 1.29 is 33.8 Å². The molecule has 0 saturated heterocycles. The number of hydrogen-bond donors (Lipinski definition) is 0. The molecule has 0 bridgehead atoms. The first-order valence-electron chi connectivity index (χ1n) is 3.51. The zero-order valence-corrected chi connectivity index (χ0v) is 11.8. The Morgan fingerprint density at radius 2 is 1.09 bits per heavy atom. The summed E-state index contributed by atoms with van der Waals surface area (Å²) < 4.78 is 3.87. The Balaban J connectivity index is 0. The molecule has 0 spiro atoms. The topological polar surface area (TPSA) is 0 Å². The van der Waals surface area contributed by atoms with Gasteiger partial charge in [-0.25, -0.2) is 0 Å². The SMILES string of the molecule is C=C[CH2][Th]([CH2]C=C)[CH2]C=C.Cl. The first-order valence-corrected chi connectivity index (χ1v) is 12.2. The number of halogens is 1. The van der Waals surface area contributed by atoms with Crippen molar-refractivity contribution in [3.05, 3.63) is 38.0 Å². The van der Waals surface area contributed by atoms with Crippen molar-refractivity contribution >= 4 is 12.4 Å². The van der Waals surface area contributed by atoms with Gasteiger partial charge in [0.1, 0.15) is 0 Å². The molecular formula is C9H16ClTh. The second-order valence-corrected chi connectivity index (χ2v) is 13.4. The average Bonchev–Trinajstić information content (AvgIpc) is 1.90. The van der Waals surface area contributed by atoms with Gasteiger partial charge in [-0.2, -0.15) is 0 Å². The van der Waals surface area contributed by atoms with Crippen LogP contribution in [0.2, 0.25) is 6.60 Å². The summed E-state index contributed by atoms with van der Waals surface area (Å²) in [5.41, 5.74) is 0. The molecule has 0 aliphatic carbocycles. The van der Waals surface area contributed by atoms with Gasteiger partial charge in [0.2, 0.25) is 0 Å². The van der Waals surface area contributed by atoms with E-state index in [0.29, 0.717) is 0 Å². The summed E-state index contributed by atoms with van der Waals surface area (Å²) in [6.07, 6.45) is 6.17. The summed E-state index contributed by atoms with van der Waals surface area (Å²) in [5.74, 6) is 0. The predicted octanol–water partition coefficient (Wildman–Crippen LogP) is 3.84. The summed E-state index contributed by atoms with van der Waals surface area (Å²) in [6, 6.07) is 0. The van der Waals surface area contributed by atoms with Crippen LogP contribution in [0.3, 0.4) is 0 Å². The molecule has 0 aromatic carbocycles. The number of allylic oxidation sites excluding steroid dienone is 3. The van der Waals surface area contributed by atoms with E-state index in [2.05, 4.69) is 38.0 Å². The van der Waals surface area contributed by atoms with Crippen LogP contribution in [0.1, 0.15) is 0 Å². The second kappa shape index (κ2) is 10.8. The molecule has 0 fully saturated rings. The van der Waals surface area contributed by atoms with Crippen LogP contribution >= 0.6 is 12.4 Å². The summed E-state index contributed by atoms with van der Waals surface area (Å²) in [5, 5.41) is 0. The summed E-state index contributed by atoms with van der Waals surface area (Å²) in [4.78, 5) is 0. The molecule has 11 heavy (non-hydrogen) atoms. The summed E-state index contributed by atoms with van der Waals surface area (Å²) >= 11 is -1.35. The molecule has 0 saturated carbocycles. The fourth-order valence-corrected chi connectivity index (χ4v) is 7.95. The van der Waals surface area contributed by atoms with Crippen LogP contribution in [0.25, 0.3) is 0 Å². The average molecular weight is 392 g/mol. The minimum atomic E-state index is -1.35. The molecule has 0 nitrogen and oxygen atoms in total. The van der Waals surface area contributed by atoms with E-state index in [1.807, 2.05) is 0 Å². The predicted molar refractivity (Wildman–Crippen MR) is 52.3 cm³/mol. The van der Waals surface area contributed by atoms with Gasteiger partial charge in [-0.3, -0.25) is 0 Å². The molecule has 0 N–H and O–H groups in total. The molecule has 2 heteroatoms. The van der Waals surface area contributed by atoms with Crippen molar-refractivity contribution in [2.75, 3.05) is 0 Å². The van der Waals surface area contributed by atoms with Crippen molar-refractivity contribution in [1.82, 2.24) is 0 Å². The van der Waals surface area contributed by atoms with E-state index in [0.717, 1.165) is 0 Å². The molecule has 0 unspecified atom stereocenters. The third-order valence-electron chi connectivity index (χ3n) is 1.30. The van der Waals surface area contributed by atoms with Crippen LogP contribution in [0.15, 0.2) is 38.0 Å². The van der Waals surface area contributed by atoms with Gasteiger partial charge in [0.15, 0.2) is 0 Å². The van der Waals surface area contributed by atoms with Gasteiger partial charge in [-0.05, 0) is 0 Å². The fourth-order valence-electron chi connectivity index (χ4n) is 0.862. The smallest absolute Gasteiger partial charge is 0.147 e. The van der Waals surface area contributed by atoms with Crippen LogP contribution in [-0.2, 0) is 0 Å². The summed E-state index contributed by atoms with van der Waals surface area (Å²) in [6.45, 7) is 11.3. The molecule has 0 aliphatic heterocycles. The first-order chi connectivity index (χ1) is 4.85. The monoisotopic (exact) mass is 391 g/mol. The summed E-state index contributed by atoms with van der Waals surface area (Å²) in [7, 11) is 0. The van der Waals surface area contributed by atoms with E-state index < -0.39 is 33.8 Å². The Bertz CT molecular complexity index is 97.0. The molecule has 0 rings (SSSR count). The maximum atomic E-state index is 3.75. The third-order valence-corrected chi connectivity index (χ3v) is 12.0. The second-order valence-electron chi connectivity index (χ2n) is 2.23.